The SMILES string of the molecule is Cc1cccc(-n2nc(-c3ccccc3)c3c2N(CC(=O)NCc2ccco2)C(=O)CSC3c2ccc3c(c2)OCO3)c1C. The Morgan fingerprint density at radius 2 is 1.84 bits per heavy atom. The van der Waals surface area contributed by atoms with Crippen LogP contribution in [0.25, 0.3) is 16.9 Å². The summed E-state index contributed by atoms with van der Waals surface area (Å²) in [5.41, 5.74) is 6.43. The van der Waals surface area contributed by atoms with E-state index in [4.69, 9.17) is 19.0 Å². The van der Waals surface area contributed by atoms with E-state index in [1.807, 2.05) is 72.3 Å². The standard InChI is InChI=1S/C34H30N4O5S/c1-21-8-6-12-26(22(21)2)38-34-31(32(36-38)23-9-4-3-5-10-23)33(24-13-14-27-28(16-24)43-20-42-27)44-19-30(40)37(34)18-29(39)35-17-25-11-7-15-41-25/h3-16,33H,17-20H2,1-2H3,(H,35,39). The summed E-state index contributed by atoms with van der Waals surface area (Å²) in [6, 6.07) is 25.4. The van der Waals surface area contributed by atoms with Crippen molar-refractivity contribution in [1.82, 2.24) is 15.1 Å². The molecule has 44 heavy (non-hydrogen) atoms. The van der Waals surface area contributed by atoms with E-state index in [9.17, 15) is 9.59 Å². The number of nitrogens with one attached hydrogen (secondary N) is 1. The summed E-state index contributed by atoms with van der Waals surface area (Å²) in [7, 11) is 0. The van der Waals surface area contributed by atoms with E-state index in [1.165, 1.54) is 11.8 Å². The monoisotopic (exact) mass is 606 g/mol. The molecule has 1 N–H and O–H groups in total. The number of aryl methyl sites for hydroxylation is 1. The average Bonchev–Trinajstić information content (AvgIpc) is 3.80. The Morgan fingerprint density at radius 3 is 2.66 bits per heavy atom. The molecule has 2 aromatic heterocycles. The lowest BCUT2D eigenvalue weighted by Gasteiger charge is -2.24. The van der Waals surface area contributed by atoms with Gasteiger partial charge in [0.1, 0.15) is 18.1 Å². The van der Waals surface area contributed by atoms with Gasteiger partial charge in [-0.05, 0) is 60.9 Å². The van der Waals surface area contributed by atoms with Crippen molar-refractivity contribution in [3.8, 4) is 28.4 Å². The summed E-state index contributed by atoms with van der Waals surface area (Å²) < 4.78 is 18.5. The van der Waals surface area contributed by atoms with Gasteiger partial charge >= 0.3 is 0 Å². The number of rotatable bonds is 7. The zero-order valence-electron chi connectivity index (χ0n) is 24.3. The first kappa shape index (κ1) is 27.8. The first-order chi connectivity index (χ1) is 21.5. The molecule has 2 amide bonds. The highest BCUT2D eigenvalue weighted by Gasteiger charge is 2.38. The van der Waals surface area contributed by atoms with Crippen molar-refractivity contribution in [2.75, 3.05) is 24.0 Å². The molecule has 0 saturated heterocycles. The number of ether oxygens (including phenoxy) is 2. The lowest BCUT2D eigenvalue weighted by molar-refractivity contribution is -0.123. The number of amides is 2. The van der Waals surface area contributed by atoms with Crippen molar-refractivity contribution < 1.29 is 23.5 Å². The van der Waals surface area contributed by atoms with E-state index >= 15 is 0 Å². The number of furan rings is 1. The van der Waals surface area contributed by atoms with Crippen molar-refractivity contribution in [3.05, 3.63) is 113 Å². The molecule has 222 valence electrons. The fourth-order valence-corrected chi connectivity index (χ4v) is 6.79. The number of carbonyl (C=O) groups excluding carboxylic acids is 2. The Bertz CT molecular complexity index is 1850. The number of hydrogen-bond donors (Lipinski definition) is 1. The zero-order valence-corrected chi connectivity index (χ0v) is 25.1. The molecule has 0 aliphatic carbocycles. The second-order valence-corrected chi connectivity index (χ2v) is 11.8. The molecule has 7 rings (SSSR count). The van der Waals surface area contributed by atoms with Crippen molar-refractivity contribution in [3.63, 3.8) is 0 Å². The van der Waals surface area contributed by atoms with Crippen LogP contribution in [-0.4, -0.2) is 40.7 Å². The molecule has 5 aromatic rings. The minimum absolute atomic E-state index is 0.167. The maximum atomic E-state index is 14.0. The van der Waals surface area contributed by atoms with Crippen molar-refractivity contribution in [2.24, 2.45) is 0 Å². The van der Waals surface area contributed by atoms with E-state index in [1.54, 1.807) is 23.3 Å². The van der Waals surface area contributed by atoms with E-state index < -0.39 is 0 Å². The quantitative estimate of drug-likeness (QED) is 0.244. The second kappa shape index (κ2) is 11.6. The lowest BCUT2D eigenvalue weighted by Crippen LogP contribution is -2.42. The maximum absolute atomic E-state index is 14.0. The van der Waals surface area contributed by atoms with Crippen LogP contribution >= 0.6 is 11.8 Å². The molecule has 2 aliphatic rings. The van der Waals surface area contributed by atoms with Crippen LogP contribution in [0.15, 0.2) is 89.5 Å². The molecule has 0 spiro atoms. The highest BCUT2D eigenvalue weighted by Crippen LogP contribution is 2.50. The van der Waals surface area contributed by atoms with Crippen LogP contribution in [0.4, 0.5) is 5.82 Å². The molecule has 0 radical (unpaired) electrons. The number of anilines is 1. The topological polar surface area (TPSA) is 98.8 Å². The number of aromatic nitrogens is 2. The zero-order chi connectivity index (χ0) is 30.2. The van der Waals surface area contributed by atoms with Crippen molar-refractivity contribution in [2.45, 2.75) is 25.6 Å². The highest BCUT2D eigenvalue weighted by atomic mass is 32.2. The van der Waals surface area contributed by atoms with Gasteiger partial charge in [0.05, 0.1) is 35.2 Å². The molecule has 0 fully saturated rings. The third-order valence-corrected chi connectivity index (χ3v) is 9.24. The van der Waals surface area contributed by atoms with Gasteiger partial charge < -0.3 is 19.2 Å². The molecule has 1 unspecified atom stereocenters. The van der Waals surface area contributed by atoms with Gasteiger partial charge in [0.15, 0.2) is 11.5 Å². The fourth-order valence-electron chi connectivity index (χ4n) is 5.60. The number of hydrogen-bond acceptors (Lipinski definition) is 7. The number of benzene rings is 3. The van der Waals surface area contributed by atoms with Crippen molar-refractivity contribution >= 4 is 29.4 Å². The van der Waals surface area contributed by atoms with Crippen LogP contribution in [-0.2, 0) is 16.1 Å². The number of carbonyl (C=O) groups is 2. The van der Waals surface area contributed by atoms with E-state index in [-0.39, 0.29) is 42.7 Å². The van der Waals surface area contributed by atoms with Crippen LogP contribution in [0.3, 0.4) is 0 Å². The predicted molar refractivity (Wildman–Crippen MR) is 168 cm³/mol. The van der Waals surface area contributed by atoms with Crippen molar-refractivity contribution in [1.29, 1.82) is 0 Å². The number of thioether (sulfide) groups is 1. The minimum Gasteiger partial charge on any atom is -0.467 e. The van der Waals surface area contributed by atoms with Crippen LogP contribution < -0.4 is 19.7 Å². The smallest absolute Gasteiger partial charge is 0.240 e. The average molecular weight is 607 g/mol. The molecule has 0 saturated carbocycles. The molecule has 4 heterocycles. The van der Waals surface area contributed by atoms with Gasteiger partial charge in [0.2, 0.25) is 18.6 Å². The Morgan fingerprint density at radius 1 is 1.00 bits per heavy atom. The van der Waals surface area contributed by atoms with Gasteiger partial charge in [-0.2, -0.15) is 5.10 Å². The Labute approximate surface area is 258 Å². The molecule has 2 aliphatic heterocycles. The number of fused-ring (bicyclic) bond motifs is 2. The van der Waals surface area contributed by atoms with Crippen LogP contribution in [0, 0.1) is 13.8 Å². The van der Waals surface area contributed by atoms with Gasteiger partial charge in [-0.25, -0.2) is 4.68 Å². The summed E-state index contributed by atoms with van der Waals surface area (Å²) in [5, 5.41) is 7.83. The molecular weight excluding hydrogens is 576 g/mol. The Balaban J connectivity index is 1.43. The third kappa shape index (κ3) is 5.11. The second-order valence-electron chi connectivity index (χ2n) is 10.7. The molecule has 3 aromatic carbocycles. The van der Waals surface area contributed by atoms with E-state index in [0.29, 0.717) is 23.1 Å². The molecule has 10 heteroatoms. The summed E-state index contributed by atoms with van der Waals surface area (Å²) in [6.07, 6.45) is 1.56. The molecule has 9 nitrogen and oxygen atoms in total. The highest BCUT2D eigenvalue weighted by molar-refractivity contribution is 8.00. The van der Waals surface area contributed by atoms with Gasteiger partial charge in [0, 0.05) is 11.1 Å². The summed E-state index contributed by atoms with van der Waals surface area (Å²) in [5.74, 6) is 2.24. The first-order valence-corrected chi connectivity index (χ1v) is 15.4. The van der Waals surface area contributed by atoms with Crippen LogP contribution in [0.2, 0.25) is 0 Å². The van der Waals surface area contributed by atoms with Gasteiger partial charge in [-0.3, -0.25) is 14.5 Å². The van der Waals surface area contributed by atoms with E-state index in [2.05, 4.69) is 18.3 Å². The first-order valence-electron chi connectivity index (χ1n) is 14.3. The summed E-state index contributed by atoms with van der Waals surface area (Å²) in [4.78, 5) is 29.0. The number of nitrogens with zero attached hydrogens (tertiary/aromatic N) is 3. The Hall–Kier alpha value is -4.96. The predicted octanol–water partition coefficient (Wildman–Crippen LogP) is 5.96. The van der Waals surface area contributed by atoms with Crippen LogP contribution in [0.5, 0.6) is 11.5 Å². The largest absolute Gasteiger partial charge is 0.467 e. The molecular formula is C34H30N4O5S. The minimum atomic E-state index is -0.304. The van der Waals surface area contributed by atoms with Crippen LogP contribution in [0.1, 0.15) is 33.3 Å². The third-order valence-electron chi connectivity index (χ3n) is 7.98. The fraction of sp³-hybridized carbons (Fsp3) is 0.206. The Kier molecular flexibility index (Phi) is 7.35. The molecule has 0 bridgehead atoms. The maximum Gasteiger partial charge on any atom is 0.240 e. The van der Waals surface area contributed by atoms with Gasteiger partial charge in [0.25, 0.3) is 0 Å². The van der Waals surface area contributed by atoms with Gasteiger partial charge in [-0.1, -0.05) is 48.5 Å². The lowest BCUT2D eigenvalue weighted by atomic mass is 9.99. The normalized spacial score (nSPS) is 15.6. The van der Waals surface area contributed by atoms with E-state index in [0.717, 1.165) is 39.2 Å². The molecule has 1 atom stereocenters. The summed E-state index contributed by atoms with van der Waals surface area (Å²) in [6.45, 7) is 4.31. The summed E-state index contributed by atoms with van der Waals surface area (Å²) >= 11 is 1.51. The van der Waals surface area contributed by atoms with Gasteiger partial charge in [-0.15, -0.1) is 11.8 Å².